The Balaban J connectivity index is 1.31. The van der Waals surface area contributed by atoms with Crippen LogP contribution in [0.3, 0.4) is 0 Å². The van der Waals surface area contributed by atoms with Crippen molar-refractivity contribution in [3.05, 3.63) is 70.3 Å². The largest absolute Gasteiger partial charge is 0.490 e. The van der Waals surface area contributed by atoms with Gasteiger partial charge in [-0.15, -0.1) is 0 Å². The van der Waals surface area contributed by atoms with Gasteiger partial charge in [0, 0.05) is 54.5 Å². The second-order valence-electron chi connectivity index (χ2n) is 13.5. The molecule has 1 saturated heterocycles. The van der Waals surface area contributed by atoms with Crippen LogP contribution in [0.1, 0.15) is 73.4 Å². The number of amides is 1. The predicted molar refractivity (Wildman–Crippen MR) is 178 cm³/mol. The fourth-order valence-electron chi connectivity index (χ4n) is 8.32. The highest BCUT2D eigenvalue weighted by molar-refractivity contribution is 7.96. The van der Waals surface area contributed by atoms with Crippen LogP contribution < -0.4 is 14.4 Å². The molecule has 8 nitrogen and oxygen atoms in total. The van der Waals surface area contributed by atoms with Gasteiger partial charge in [0.25, 0.3) is 5.91 Å². The third-order valence-corrected chi connectivity index (χ3v) is 12.6. The lowest BCUT2D eigenvalue weighted by atomic mass is 9.68. The molecule has 5 aliphatic rings. The smallest absolute Gasteiger partial charge is 0.303 e. The average molecular weight is 652 g/mol. The molecule has 0 aromatic heterocycles. The molecule has 2 aromatic rings. The second kappa shape index (κ2) is 12.0. The SMILES string of the molecule is C=S1(=O)NC(=O)c2ccc3c(c2)N(C[C@@H]2CC[C@H]2[C@@H](OC(C)=O)/C=C/C[C@@H]2CCCN21)C[C@@]1(CCCc2cc(Cl)ccc21)CO3. The molecular weight excluding hydrogens is 610 g/mol. The van der Waals surface area contributed by atoms with Gasteiger partial charge in [-0.3, -0.25) is 14.3 Å². The Bertz CT molecular complexity index is 1640. The highest BCUT2D eigenvalue weighted by Gasteiger charge is 2.45. The van der Waals surface area contributed by atoms with Crippen LogP contribution >= 0.6 is 11.6 Å². The van der Waals surface area contributed by atoms with E-state index in [4.69, 9.17) is 21.1 Å². The zero-order valence-corrected chi connectivity index (χ0v) is 27.4. The van der Waals surface area contributed by atoms with Crippen molar-refractivity contribution in [1.82, 2.24) is 9.03 Å². The first-order valence-electron chi connectivity index (χ1n) is 16.2. The number of carbonyl (C=O) groups excluding carboxylic acids is 2. The number of halogens is 1. The van der Waals surface area contributed by atoms with E-state index >= 15 is 0 Å². The number of aryl methyl sites for hydroxylation is 1. The van der Waals surface area contributed by atoms with Crippen molar-refractivity contribution in [3.63, 3.8) is 0 Å². The van der Waals surface area contributed by atoms with Crippen LogP contribution in [0.15, 0.2) is 48.6 Å². The van der Waals surface area contributed by atoms with Gasteiger partial charge < -0.3 is 14.4 Å². The molecule has 1 unspecified atom stereocenters. The molecule has 1 spiro atoms. The minimum absolute atomic E-state index is 0.0185. The maximum absolute atomic E-state index is 13.9. The van der Waals surface area contributed by atoms with Gasteiger partial charge in [0.1, 0.15) is 21.7 Å². The minimum atomic E-state index is -3.07. The molecule has 3 heterocycles. The van der Waals surface area contributed by atoms with E-state index < -0.39 is 15.8 Å². The quantitative estimate of drug-likeness (QED) is 0.250. The number of ether oxygens (including phenoxy) is 2. The van der Waals surface area contributed by atoms with Crippen molar-refractivity contribution in [1.29, 1.82) is 0 Å². The standard InChI is InChI=1S/C35H42ClN3O5S/c1-23(40)44-32-9-3-7-28-8-5-17-39(28)45(2,42)37-34(41)25-11-15-33-31(19-25)38(20-26-10-13-29(26)32)21-35(22-43-33)16-4-6-24-18-27(36)12-14-30(24)35/h3,9,11-12,14-15,18-19,26,28-29,32H,2,4-8,10,13,16-17,20-22H2,1H3,(H,37,41,42)/b9-3+/t26-,28+,29+,32-,35-,45?/m0/s1. The molecule has 2 aromatic carbocycles. The number of hydrogen-bond donors (Lipinski definition) is 1. The van der Waals surface area contributed by atoms with Crippen LogP contribution in [-0.4, -0.2) is 64.6 Å². The number of fused-ring (bicyclic) bond motifs is 5. The number of hydrogen-bond acceptors (Lipinski definition) is 6. The van der Waals surface area contributed by atoms with Gasteiger partial charge in [-0.05, 0) is 111 Å². The Kier molecular flexibility index (Phi) is 8.15. The summed E-state index contributed by atoms with van der Waals surface area (Å²) in [7, 11) is -3.07. The van der Waals surface area contributed by atoms with Crippen LogP contribution in [0, 0.1) is 11.8 Å². The summed E-state index contributed by atoms with van der Waals surface area (Å²) in [5.74, 6) is 4.51. The molecule has 45 heavy (non-hydrogen) atoms. The third-order valence-electron chi connectivity index (χ3n) is 10.6. The van der Waals surface area contributed by atoms with Crippen molar-refractivity contribution >= 4 is 44.9 Å². The van der Waals surface area contributed by atoms with E-state index in [1.807, 2.05) is 28.6 Å². The summed E-state index contributed by atoms with van der Waals surface area (Å²) in [5, 5.41) is 0.744. The van der Waals surface area contributed by atoms with Gasteiger partial charge in [0.2, 0.25) is 0 Å². The van der Waals surface area contributed by atoms with E-state index in [0.29, 0.717) is 31.1 Å². The molecule has 10 heteroatoms. The average Bonchev–Trinajstić information content (AvgIpc) is 3.40. The van der Waals surface area contributed by atoms with Gasteiger partial charge >= 0.3 is 5.97 Å². The number of esters is 1. The van der Waals surface area contributed by atoms with Gasteiger partial charge in [-0.2, -0.15) is 0 Å². The maximum Gasteiger partial charge on any atom is 0.303 e. The van der Waals surface area contributed by atoms with E-state index in [2.05, 4.69) is 33.7 Å². The summed E-state index contributed by atoms with van der Waals surface area (Å²) in [5.41, 5.74) is 3.58. The summed E-state index contributed by atoms with van der Waals surface area (Å²) in [6.45, 7) is 4.05. The highest BCUT2D eigenvalue weighted by Crippen LogP contribution is 2.47. The molecule has 1 saturated carbocycles. The Labute approximate surface area is 271 Å². The minimum Gasteiger partial charge on any atom is -0.490 e. The lowest BCUT2D eigenvalue weighted by molar-refractivity contribution is -0.149. The molecule has 6 atom stereocenters. The summed E-state index contributed by atoms with van der Waals surface area (Å²) >= 11 is 6.43. The number of nitrogens with one attached hydrogen (secondary N) is 1. The van der Waals surface area contributed by atoms with Crippen LogP contribution in [0.25, 0.3) is 0 Å². The number of nitrogens with zero attached hydrogens (tertiary/aromatic N) is 2. The summed E-state index contributed by atoms with van der Waals surface area (Å²) in [6, 6.07) is 11.7. The van der Waals surface area contributed by atoms with Crippen molar-refractivity contribution in [2.45, 2.75) is 75.9 Å². The number of carbonyl (C=O) groups is 2. The zero-order chi connectivity index (χ0) is 31.3. The van der Waals surface area contributed by atoms with E-state index in [-0.39, 0.29) is 29.4 Å². The fourth-order valence-corrected chi connectivity index (χ4v) is 10.1. The van der Waals surface area contributed by atoms with Gasteiger partial charge in [-0.1, -0.05) is 23.7 Å². The first-order valence-corrected chi connectivity index (χ1v) is 18.3. The second-order valence-corrected chi connectivity index (χ2v) is 15.9. The third kappa shape index (κ3) is 5.87. The van der Waals surface area contributed by atoms with Crippen LogP contribution in [-0.2, 0) is 31.3 Å². The van der Waals surface area contributed by atoms with E-state index in [0.717, 1.165) is 74.5 Å². The maximum atomic E-state index is 13.9. The first-order chi connectivity index (χ1) is 21.6. The van der Waals surface area contributed by atoms with Crippen molar-refractivity contribution < 1.29 is 23.3 Å². The zero-order valence-electron chi connectivity index (χ0n) is 25.8. The Morgan fingerprint density at radius 1 is 1.18 bits per heavy atom. The normalized spacial score (nSPS) is 33.8. The summed E-state index contributed by atoms with van der Waals surface area (Å²) in [4.78, 5) is 28.3. The molecule has 2 fully saturated rings. The molecule has 1 N–H and O–H groups in total. The molecule has 1 amide bonds. The molecule has 0 radical (unpaired) electrons. The van der Waals surface area contributed by atoms with Crippen LogP contribution in [0.2, 0.25) is 5.02 Å². The molecule has 2 bridgehead atoms. The van der Waals surface area contributed by atoms with Gasteiger partial charge in [-0.25, -0.2) is 8.51 Å². The van der Waals surface area contributed by atoms with Crippen molar-refractivity contribution in [2.75, 3.05) is 31.1 Å². The Hall–Kier alpha value is -3.01. The van der Waals surface area contributed by atoms with E-state index in [9.17, 15) is 13.8 Å². The van der Waals surface area contributed by atoms with Gasteiger partial charge in [0.15, 0.2) is 0 Å². The van der Waals surface area contributed by atoms with E-state index in [1.54, 1.807) is 6.07 Å². The van der Waals surface area contributed by atoms with Crippen molar-refractivity contribution in [2.24, 2.45) is 11.8 Å². The lowest BCUT2D eigenvalue weighted by Gasteiger charge is -2.46. The number of anilines is 1. The fraction of sp³-hybridized carbons (Fsp3) is 0.514. The number of benzene rings is 2. The van der Waals surface area contributed by atoms with Crippen LogP contribution in [0.4, 0.5) is 5.69 Å². The highest BCUT2D eigenvalue weighted by atomic mass is 35.5. The Morgan fingerprint density at radius 2 is 2.04 bits per heavy atom. The summed E-state index contributed by atoms with van der Waals surface area (Å²) in [6.07, 6.45) is 11.2. The monoisotopic (exact) mass is 651 g/mol. The first kappa shape index (κ1) is 30.6. The van der Waals surface area contributed by atoms with Crippen LogP contribution in [0.5, 0.6) is 5.75 Å². The molecule has 7 rings (SSSR count). The van der Waals surface area contributed by atoms with Crippen molar-refractivity contribution in [3.8, 4) is 5.75 Å². The van der Waals surface area contributed by atoms with Gasteiger partial charge in [0.05, 0.1) is 12.3 Å². The topological polar surface area (TPSA) is 88.2 Å². The molecule has 2 aliphatic carbocycles. The lowest BCUT2D eigenvalue weighted by Crippen LogP contribution is -2.50. The predicted octanol–water partition coefficient (Wildman–Crippen LogP) is 5.47. The Morgan fingerprint density at radius 3 is 2.84 bits per heavy atom. The van der Waals surface area contributed by atoms with E-state index in [1.165, 1.54) is 18.1 Å². The molecular formula is C35H42ClN3O5S. The molecule has 3 aliphatic heterocycles. The molecule has 240 valence electrons. The number of rotatable bonds is 1. The summed E-state index contributed by atoms with van der Waals surface area (Å²) < 4.78 is 31.0.